The summed E-state index contributed by atoms with van der Waals surface area (Å²) in [4.78, 5) is 0. The van der Waals surface area contributed by atoms with Gasteiger partial charge in [0, 0.05) is 0 Å². The van der Waals surface area contributed by atoms with Gasteiger partial charge < -0.3 is 15.2 Å². The van der Waals surface area contributed by atoms with E-state index in [1.54, 1.807) is 7.11 Å². The molecule has 0 fully saturated rings. The number of hydrogen-bond donors (Lipinski definition) is 1. The molecule has 2 aromatic rings. The number of benzene rings is 2. The van der Waals surface area contributed by atoms with E-state index in [9.17, 15) is 0 Å². The van der Waals surface area contributed by atoms with Gasteiger partial charge in [0.05, 0.1) is 19.4 Å². The van der Waals surface area contributed by atoms with Crippen LogP contribution in [0.5, 0.6) is 11.5 Å². The van der Waals surface area contributed by atoms with Crippen LogP contribution in [-0.4, -0.2) is 13.7 Å². The molecular formula is C16H19NO2. The summed E-state index contributed by atoms with van der Waals surface area (Å²) in [6.07, 6.45) is 1.91. The minimum atomic E-state index is 0.658. The Morgan fingerprint density at radius 3 is 2.68 bits per heavy atom. The van der Waals surface area contributed by atoms with Crippen molar-refractivity contribution in [1.82, 2.24) is 0 Å². The van der Waals surface area contributed by atoms with Crippen LogP contribution in [0.15, 0.2) is 48.5 Å². The predicted octanol–water partition coefficient (Wildman–Crippen LogP) is 3.29. The van der Waals surface area contributed by atoms with E-state index in [1.165, 1.54) is 5.56 Å². The molecule has 0 saturated heterocycles. The number of rotatable bonds is 6. The Balaban J connectivity index is 1.79. The molecule has 0 aromatic heterocycles. The second kappa shape index (κ2) is 6.69. The van der Waals surface area contributed by atoms with Crippen LogP contribution in [0.4, 0.5) is 5.69 Å². The molecule has 19 heavy (non-hydrogen) atoms. The van der Waals surface area contributed by atoms with Crippen LogP contribution in [0.25, 0.3) is 0 Å². The molecular weight excluding hydrogens is 238 g/mol. The molecule has 0 aliphatic carbocycles. The molecule has 3 heteroatoms. The van der Waals surface area contributed by atoms with E-state index in [2.05, 4.69) is 12.1 Å². The number of hydrogen-bond acceptors (Lipinski definition) is 3. The third kappa shape index (κ3) is 3.91. The number of nitrogens with two attached hydrogens (primary N) is 1. The largest absolute Gasteiger partial charge is 0.497 e. The summed E-state index contributed by atoms with van der Waals surface area (Å²) in [6, 6.07) is 15.7. The topological polar surface area (TPSA) is 44.5 Å². The second-order valence-electron chi connectivity index (χ2n) is 4.34. The Kier molecular flexibility index (Phi) is 4.67. The fraction of sp³-hybridized carbons (Fsp3) is 0.250. The van der Waals surface area contributed by atoms with Crippen molar-refractivity contribution in [2.75, 3.05) is 19.5 Å². The van der Waals surface area contributed by atoms with Crippen molar-refractivity contribution in [2.45, 2.75) is 12.8 Å². The van der Waals surface area contributed by atoms with E-state index < -0.39 is 0 Å². The molecule has 0 heterocycles. The zero-order chi connectivity index (χ0) is 13.5. The molecule has 0 spiro atoms. The third-order valence-electron chi connectivity index (χ3n) is 2.92. The minimum Gasteiger partial charge on any atom is -0.497 e. The van der Waals surface area contributed by atoms with Gasteiger partial charge in [-0.25, -0.2) is 0 Å². The SMILES string of the molecule is COc1cccc(CCCOc2ccccc2N)c1. The molecule has 0 aliphatic rings. The van der Waals surface area contributed by atoms with E-state index >= 15 is 0 Å². The summed E-state index contributed by atoms with van der Waals surface area (Å²) < 4.78 is 10.9. The first-order valence-corrected chi connectivity index (χ1v) is 6.40. The van der Waals surface area contributed by atoms with Gasteiger partial charge in [-0.15, -0.1) is 0 Å². The maximum absolute atomic E-state index is 5.81. The summed E-state index contributed by atoms with van der Waals surface area (Å²) in [7, 11) is 1.68. The van der Waals surface area contributed by atoms with Crippen molar-refractivity contribution < 1.29 is 9.47 Å². The Hall–Kier alpha value is -2.16. The molecule has 0 amide bonds. The van der Waals surface area contributed by atoms with Crippen molar-refractivity contribution in [2.24, 2.45) is 0 Å². The van der Waals surface area contributed by atoms with Crippen LogP contribution in [0.3, 0.4) is 0 Å². The molecule has 2 rings (SSSR count). The van der Waals surface area contributed by atoms with Gasteiger partial charge in [0.2, 0.25) is 0 Å². The van der Waals surface area contributed by atoms with Crippen molar-refractivity contribution in [3.8, 4) is 11.5 Å². The smallest absolute Gasteiger partial charge is 0.142 e. The highest BCUT2D eigenvalue weighted by atomic mass is 16.5. The van der Waals surface area contributed by atoms with Crippen molar-refractivity contribution in [3.05, 3.63) is 54.1 Å². The quantitative estimate of drug-likeness (QED) is 0.638. The lowest BCUT2D eigenvalue weighted by Gasteiger charge is -2.08. The normalized spacial score (nSPS) is 10.2. The van der Waals surface area contributed by atoms with E-state index in [4.69, 9.17) is 15.2 Å². The zero-order valence-corrected chi connectivity index (χ0v) is 11.1. The van der Waals surface area contributed by atoms with Gasteiger partial charge in [-0.2, -0.15) is 0 Å². The van der Waals surface area contributed by atoms with E-state index in [0.717, 1.165) is 24.3 Å². The van der Waals surface area contributed by atoms with Crippen LogP contribution < -0.4 is 15.2 Å². The third-order valence-corrected chi connectivity index (χ3v) is 2.92. The van der Waals surface area contributed by atoms with E-state index in [0.29, 0.717) is 12.3 Å². The summed E-state index contributed by atoms with van der Waals surface area (Å²) in [5.41, 5.74) is 7.75. The van der Waals surface area contributed by atoms with Crippen molar-refractivity contribution in [3.63, 3.8) is 0 Å². The highest BCUT2D eigenvalue weighted by Gasteiger charge is 1.99. The van der Waals surface area contributed by atoms with E-state index in [1.807, 2.05) is 36.4 Å². The molecule has 2 N–H and O–H groups in total. The number of nitrogen functional groups attached to an aromatic ring is 1. The summed E-state index contributed by atoms with van der Waals surface area (Å²) in [5, 5.41) is 0. The standard InChI is InChI=1S/C16H19NO2/c1-18-14-8-4-6-13(12-14)7-5-11-19-16-10-3-2-9-15(16)17/h2-4,6,8-10,12H,5,7,11,17H2,1H3. The lowest BCUT2D eigenvalue weighted by molar-refractivity contribution is 0.312. The lowest BCUT2D eigenvalue weighted by atomic mass is 10.1. The molecule has 0 radical (unpaired) electrons. The van der Waals surface area contributed by atoms with Gasteiger partial charge in [-0.1, -0.05) is 24.3 Å². The summed E-state index contributed by atoms with van der Waals surface area (Å²) >= 11 is 0. The van der Waals surface area contributed by atoms with Crippen molar-refractivity contribution >= 4 is 5.69 Å². The first kappa shape index (κ1) is 13.3. The Morgan fingerprint density at radius 2 is 1.89 bits per heavy atom. The fourth-order valence-electron chi connectivity index (χ4n) is 1.90. The van der Waals surface area contributed by atoms with E-state index in [-0.39, 0.29) is 0 Å². The maximum atomic E-state index is 5.81. The Morgan fingerprint density at radius 1 is 1.05 bits per heavy atom. The number of ether oxygens (including phenoxy) is 2. The average Bonchev–Trinajstić information content (AvgIpc) is 2.45. The van der Waals surface area contributed by atoms with Gasteiger partial charge >= 0.3 is 0 Å². The Bertz CT molecular complexity index is 526. The lowest BCUT2D eigenvalue weighted by Crippen LogP contribution is -2.01. The molecule has 0 saturated carbocycles. The highest BCUT2D eigenvalue weighted by Crippen LogP contribution is 2.20. The summed E-state index contributed by atoms with van der Waals surface area (Å²) in [5.74, 6) is 1.65. The monoisotopic (exact) mass is 257 g/mol. The average molecular weight is 257 g/mol. The molecule has 0 aliphatic heterocycles. The van der Waals surface area contributed by atoms with Crippen LogP contribution in [0, 0.1) is 0 Å². The number of para-hydroxylation sites is 2. The van der Waals surface area contributed by atoms with Crippen LogP contribution in [-0.2, 0) is 6.42 Å². The number of anilines is 1. The molecule has 0 bridgehead atoms. The summed E-state index contributed by atoms with van der Waals surface area (Å²) in [6.45, 7) is 0.658. The predicted molar refractivity (Wildman–Crippen MR) is 77.7 cm³/mol. The van der Waals surface area contributed by atoms with Crippen LogP contribution >= 0.6 is 0 Å². The minimum absolute atomic E-state index is 0.658. The molecule has 0 atom stereocenters. The first-order valence-electron chi connectivity index (χ1n) is 6.40. The van der Waals surface area contributed by atoms with Gasteiger partial charge in [0.15, 0.2) is 0 Å². The molecule has 3 nitrogen and oxygen atoms in total. The van der Waals surface area contributed by atoms with Gasteiger partial charge in [-0.05, 0) is 42.7 Å². The van der Waals surface area contributed by atoms with Gasteiger partial charge in [0.25, 0.3) is 0 Å². The molecule has 0 unspecified atom stereocenters. The number of aryl methyl sites for hydroxylation is 1. The number of methoxy groups -OCH3 is 1. The second-order valence-corrected chi connectivity index (χ2v) is 4.34. The zero-order valence-electron chi connectivity index (χ0n) is 11.1. The molecule has 100 valence electrons. The van der Waals surface area contributed by atoms with Gasteiger partial charge in [0.1, 0.15) is 11.5 Å². The maximum Gasteiger partial charge on any atom is 0.142 e. The van der Waals surface area contributed by atoms with Crippen LogP contribution in [0.1, 0.15) is 12.0 Å². The molecule has 2 aromatic carbocycles. The first-order chi connectivity index (χ1) is 9.29. The highest BCUT2D eigenvalue weighted by molar-refractivity contribution is 5.51. The van der Waals surface area contributed by atoms with Gasteiger partial charge in [-0.3, -0.25) is 0 Å². The van der Waals surface area contributed by atoms with Crippen molar-refractivity contribution in [1.29, 1.82) is 0 Å². The fourth-order valence-corrected chi connectivity index (χ4v) is 1.90. The Labute approximate surface area is 114 Å². The van der Waals surface area contributed by atoms with Crippen LogP contribution in [0.2, 0.25) is 0 Å².